The lowest BCUT2D eigenvalue weighted by Gasteiger charge is -2.36. The Balaban J connectivity index is 1.24. The van der Waals surface area contributed by atoms with Crippen LogP contribution in [0.3, 0.4) is 0 Å². The van der Waals surface area contributed by atoms with E-state index in [0.29, 0.717) is 32.5 Å². The fourth-order valence-corrected chi connectivity index (χ4v) is 4.52. The zero-order chi connectivity index (χ0) is 22.3. The number of carbonyl (C=O) groups excluding carboxylic acids is 2. The van der Waals surface area contributed by atoms with Gasteiger partial charge in [0.1, 0.15) is 5.82 Å². The molecular weight excluding hydrogens is 405 g/mol. The first kappa shape index (κ1) is 22.1. The summed E-state index contributed by atoms with van der Waals surface area (Å²) in [7, 11) is 0. The third-order valence-electron chi connectivity index (χ3n) is 6.34. The number of hydrogen-bond donors (Lipinski definition) is 1. The highest BCUT2D eigenvalue weighted by Gasteiger charge is 2.29. The summed E-state index contributed by atoms with van der Waals surface area (Å²) in [6, 6.07) is 16.4. The molecule has 2 aliphatic heterocycles. The van der Waals surface area contributed by atoms with Crippen molar-refractivity contribution in [1.82, 2.24) is 10.2 Å². The normalized spacial score (nSPS) is 19.8. The number of amides is 2. The Morgan fingerprint density at radius 1 is 0.969 bits per heavy atom. The quantitative estimate of drug-likeness (QED) is 0.726. The van der Waals surface area contributed by atoms with Gasteiger partial charge in [-0.3, -0.25) is 9.59 Å². The Morgan fingerprint density at radius 3 is 2.50 bits per heavy atom. The van der Waals surface area contributed by atoms with Crippen LogP contribution < -0.4 is 10.2 Å². The Bertz CT molecular complexity index is 955. The molecule has 2 aliphatic rings. The van der Waals surface area contributed by atoms with Crippen LogP contribution in [0.15, 0.2) is 60.7 Å². The number of likely N-dealkylation sites (tertiary alicyclic amines) is 1. The molecule has 4 rings (SSSR count). The Kier molecular flexibility index (Phi) is 7.20. The molecule has 0 aliphatic carbocycles. The molecule has 168 valence electrons. The maximum absolute atomic E-state index is 13.6. The van der Waals surface area contributed by atoms with Crippen LogP contribution in [-0.2, 0) is 9.59 Å². The lowest BCUT2D eigenvalue weighted by Crippen LogP contribution is -2.50. The highest BCUT2D eigenvalue weighted by atomic mass is 19.1. The standard InChI is InChI=1S/C26H30FN3O2/c27-22-8-4-10-24(18-22)30-15-5-9-23(19-30)28-26(32)21-13-16-29(17-14-21)25(31)12-11-20-6-2-1-3-7-20/h1-4,6-8,10-12,18,21,23H,5,9,13-17,19H2,(H,28,32)/b12-11+. The van der Waals surface area contributed by atoms with E-state index in [0.717, 1.165) is 30.6 Å². The lowest BCUT2D eigenvalue weighted by atomic mass is 9.94. The summed E-state index contributed by atoms with van der Waals surface area (Å²) in [6.45, 7) is 2.75. The first-order valence-corrected chi connectivity index (χ1v) is 11.4. The highest BCUT2D eigenvalue weighted by molar-refractivity contribution is 5.92. The van der Waals surface area contributed by atoms with Gasteiger partial charge in [-0.2, -0.15) is 0 Å². The van der Waals surface area contributed by atoms with Crippen LogP contribution >= 0.6 is 0 Å². The molecule has 32 heavy (non-hydrogen) atoms. The molecule has 5 nitrogen and oxygen atoms in total. The molecule has 0 radical (unpaired) electrons. The molecule has 0 spiro atoms. The minimum atomic E-state index is -0.242. The van der Waals surface area contributed by atoms with E-state index in [2.05, 4.69) is 10.2 Å². The fraction of sp³-hybridized carbons (Fsp3) is 0.385. The highest BCUT2D eigenvalue weighted by Crippen LogP contribution is 2.22. The lowest BCUT2D eigenvalue weighted by molar-refractivity contribution is -0.132. The van der Waals surface area contributed by atoms with Crippen LogP contribution in [0.1, 0.15) is 31.2 Å². The molecule has 2 fully saturated rings. The molecule has 0 aromatic heterocycles. The number of nitrogens with one attached hydrogen (secondary N) is 1. The fourth-order valence-electron chi connectivity index (χ4n) is 4.52. The maximum atomic E-state index is 13.6. The van der Waals surface area contributed by atoms with Gasteiger partial charge in [0.05, 0.1) is 0 Å². The molecule has 2 heterocycles. The smallest absolute Gasteiger partial charge is 0.246 e. The van der Waals surface area contributed by atoms with Crippen molar-refractivity contribution in [2.75, 3.05) is 31.1 Å². The van der Waals surface area contributed by atoms with E-state index in [1.165, 1.54) is 6.07 Å². The average molecular weight is 436 g/mol. The minimum Gasteiger partial charge on any atom is -0.369 e. The van der Waals surface area contributed by atoms with Crippen LogP contribution in [0.5, 0.6) is 0 Å². The summed E-state index contributed by atoms with van der Waals surface area (Å²) in [6.07, 6.45) is 6.68. The number of benzene rings is 2. The van der Waals surface area contributed by atoms with Crippen LogP contribution in [0, 0.1) is 11.7 Å². The van der Waals surface area contributed by atoms with Gasteiger partial charge in [-0.15, -0.1) is 0 Å². The van der Waals surface area contributed by atoms with Gasteiger partial charge in [-0.25, -0.2) is 4.39 Å². The van der Waals surface area contributed by atoms with Gasteiger partial charge in [0.15, 0.2) is 0 Å². The number of halogens is 1. The number of carbonyl (C=O) groups is 2. The largest absolute Gasteiger partial charge is 0.369 e. The van der Waals surface area contributed by atoms with Crippen molar-refractivity contribution in [1.29, 1.82) is 0 Å². The van der Waals surface area contributed by atoms with E-state index >= 15 is 0 Å². The second-order valence-corrected chi connectivity index (χ2v) is 8.62. The van der Waals surface area contributed by atoms with E-state index in [1.54, 1.807) is 18.2 Å². The van der Waals surface area contributed by atoms with Gasteiger partial charge in [-0.1, -0.05) is 36.4 Å². The first-order valence-electron chi connectivity index (χ1n) is 11.4. The summed E-state index contributed by atoms with van der Waals surface area (Å²) in [5, 5.41) is 3.20. The van der Waals surface area contributed by atoms with Crippen LogP contribution in [0.2, 0.25) is 0 Å². The van der Waals surface area contributed by atoms with E-state index in [9.17, 15) is 14.0 Å². The Labute approximate surface area is 188 Å². The van der Waals surface area contributed by atoms with Crippen molar-refractivity contribution in [3.8, 4) is 0 Å². The molecule has 0 saturated carbocycles. The summed E-state index contributed by atoms with van der Waals surface area (Å²) in [5.74, 6) is -0.246. The van der Waals surface area contributed by atoms with E-state index in [1.807, 2.05) is 47.4 Å². The molecule has 1 unspecified atom stereocenters. The molecule has 0 bridgehead atoms. The van der Waals surface area contributed by atoms with Gasteiger partial charge < -0.3 is 15.1 Å². The summed E-state index contributed by atoms with van der Waals surface area (Å²) in [4.78, 5) is 29.3. The number of hydrogen-bond acceptors (Lipinski definition) is 3. The molecule has 2 aromatic carbocycles. The third-order valence-corrected chi connectivity index (χ3v) is 6.34. The average Bonchev–Trinajstić information content (AvgIpc) is 2.83. The summed E-state index contributed by atoms with van der Waals surface area (Å²) >= 11 is 0. The van der Waals surface area contributed by atoms with E-state index in [4.69, 9.17) is 0 Å². The molecule has 1 atom stereocenters. The summed E-state index contributed by atoms with van der Waals surface area (Å²) < 4.78 is 13.6. The first-order chi connectivity index (χ1) is 15.6. The maximum Gasteiger partial charge on any atom is 0.246 e. The van der Waals surface area contributed by atoms with Crippen molar-refractivity contribution in [2.45, 2.75) is 31.7 Å². The third kappa shape index (κ3) is 5.75. The van der Waals surface area contributed by atoms with Crippen molar-refractivity contribution >= 4 is 23.6 Å². The topological polar surface area (TPSA) is 52.7 Å². The van der Waals surface area contributed by atoms with Gasteiger partial charge in [0.2, 0.25) is 11.8 Å². The molecule has 2 aromatic rings. The van der Waals surface area contributed by atoms with Crippen molar-refractivity contribution in [3.63, 3.8) is 0 Å². The zero-order valence-corrected chi connectivity index (χ0v) is 18.3. The van der Waals surface area contributed by atoms with Gasteiger partial charge in [-0.05, 0) is 55.5 Å². The van der Waals surface area contributed by atoms with Crippen LogP contribution in [0.25, 0.3) is 6.08 Å². The molecule has 6 heteroatoms. The molecule has 2 amide bonds. The predicted octanol–water partition coefficient (Wildman–Crippen LogP) is 3.86. The van der Waals surface area contributed by atoms with Crippen molar-refractivity contribution in [3.05, 3.63) is 72.1 Å². The van der Waals surface area contributed by atoms with Crippen molar-refractivity contribution < 1.29 is 14.0 Å². The zero-order valence-electron chi connectivity index (χ0n) is 18.3. The second-order valence-electron chi connectivity index (χ2n) is 8.62. The Hall–Kier alpha value is -3.15. The second kappa shape index (κ2) is 10.4. The number of piperidine rings is 2. The SMILES string of the molecule is O=C(NC1CCCN(c2cccc(F)c2)C1)C1CCN(C(=O)/C=C/c2ccccc2)CC1. The van der Waals surface area contributed by atoms with Gasteiger partial charge in [0, 0.05) is 49.9 Å². The molecule has 2 saturated heterocycles. The number of rotatable bonds is 5. The van der Waals surface area contributed by atoms with E-state index < -0.39 is 0 Å². The minimum absolute atomic E-state index is 0.00859. The predicted molar refractivity (Wildman–Crippen MR) is 125 cm³/mol. The van der Waals surface area contributed by atoms with Crippen LogP contribution in [0.4, 0.5) is 10.1 Å². The monoisotopic (exact) mass is 435 g/mol. The number of nitrogens with zero attached hydrogens (tertiary/aromatic N) is 2. The van der Waals surface area contributed by atoms with E-state index in [-0.39, 0.29) is 29.6 Å². The molecular formula is C26H30FN3O2. The van der Waals surface area contributed by atoms with Crippen LogP contribution in [-0.4, -0.2) is 48.9 Å². The number of anilines is 1. The summed E-state index contributed by atoms with van der Waals surface area (Å²) in [5.41, 5.74) is 1.86. The molecule has 1 N–H and O–H groups in total. The van der Waals surface area contributed by atoms with Gasteiger partial charge in [0.25, 0.3) is 0 Å². The van der Waals surface area contributed by atoms with Crippen molar-refractivity contribution in [2.24, 2.45) is 5.92 Å². The van der Waals surface area contributed by atoms with Gasteiger partial charge >= 0.3 is 0 Å². The Morgan fingerprint density at radius 2 is 1.75 bits per heavy atom.